The second kappa shape index (κ2) is 6.83. The van der Waals surface area contributed by atoms with Crippen molar-refractivity contribution >= 4 is 29.7 Å². The van der Waals surface area contributed by atoms with Crippen molar-refractivity contribution in [1.82, 2.24) is 10.6 Å². The van der Waals surface area contributed by atoms with Gasteiger partial charge in [0.2, 0.25) is 0 Å². The van der Waals surface area contributed by atoms with Crippen LogP contribution in [0.4, 0.5) is 0 Å². The molecule has 17 heavy (non-hydrogen) atoms. The Hall–Kier alpha value is -0.780. The quantitative estimate of drug-likeness (QED) is 0.883. The molecule has 6 heteroatoms. The number of hydrogen-bond acceptors (Lipinski definition) is 4. The summed E-state index contributed by atoms with van der Waals surface area (Å²) in [5, 5.41) is 8.19. The summed E-state index contributed by atoms with van der Waals surface area (Å²) >= 11 is 1.42. The van der Waals surface area contributed by atoms with Crippen LogP contribution >= 0.6 is 23.7 Å². The van der Waals surface area contributed by atoms with E-state index in [0.29, 0.717) is 16.7 Å². The van der Waals surface area contributed by atoms with Crippen molar-refractivity contribution in [3.05, 3.63) is 16.3 Å². The first-order chi connectivity index (χ1) is 7.81. The Balaban J connectivity index is 0.00000144. The lowest BCUT2D eigenvalue weighted by Gasteiger charge is -2.23. The zero-order valence-corrected chi connectivity index (χ0v) is 11.3. The zero-order valence-electron chi connectivity index (χ0n) is 9.69. The molecule has 1 amide bonds. The summed E-state index contributed by atoms with van der Waals surface area (Å²) in [5.41, 5.74) is 0. The maximum Gasteiger partial charge on any atom is 0.265 e. The van der Waals surface area contributed by atoms with Crippen molar-refractivity contribution in [3.8, 4) is 5.75 Å². The molecular formula is C11H17ClN2O2S. The van der Waals surface area contributed by atoms with E-state index in [-0.39, 0.29) is 18.3 Å². The molecule has 0 spiro atoms. The van der Waals surface area contributed by atoms with Gasteiger partial charge < -0.3 is 15.4 Å². The highest BCUT2D eigenvalue weighted by molar-refractivity contribution is 7.12. The van der Waals surface area contributed by atoms with Crippen LogP contribution < -0.4 is 15.4 Å². The molecule has 0 atom stereocenters. The van der Waals surface area contributed by atoms with Crippen LogP contribution in [0.1, 0.15) is 22.5 Å². The van der Waals surface area contributed by atoms with E-state index >= 15 is 0 Å². The molecule has 2 N–H and O–H groups in total. The number of hydrogen-bond donors (Lipinski definition) is 2. The van der Waals surface area contributed by atoms with Crippen molar-refractivity contribution in [2.75, 3.05) is 20.2 Å². The topological polar surface area (TPSA) is 50.4 Å². The van der Waals surface area contributed by atoms with Crippen LogP contribution in [-0.4, -0.2) is 32.1 Å². The fourth-order valence-corrected chi connectivity index (χ4v) is 2.60. The second-order valence-corrected chi connectivity index (χ2v) is 4.73. The first kappa shape index (κ1) is 14.3. The zero-order chi connectivity index (χ0) is 11.4. The van der Waals surface area contributed by atoms with Crippen molar-refractivity contribution in [2.45, 2.75) is 18.9 Å². The average Bonchev–Trinajstić information content (AvgIpc) is 2.78. The van der Waals surface area contributed by atoms with E-state index in [1.54, 1.807) is 7.11 Å². The smallest absolute Gasteiger partial charge is 0.265 e. The van der Waals surface area contributed by atoms with E-state index in [4.69, 9.17) is 4.74 Å². The minimum atomic E-state index is -0.0150. The fourth-order valence-electron chi connectivity index (χ4n) is 1.84. The van der Waals surface area contributed by atoms with Gasteiger partial charge in [0.25, 0.3) is 5.91 Å². The Morgan fingerprint density at radius 1 is 1.53 bits per heavy atom. The highest BCUT2D eigenvalue weighted by Gasteiger charge is 2.19. The third-order valence-corrected chi connectivity index (χ3v) is 3.62. The summed E-state index contributed by atoms with van der Waals surface area (Å²) < 4.78 is 5.13. The lowest BCUT2D eigenvalue weighted by atomic mass is 10.1. The van der Waals surface area contributed by atoms with E-state index in [9.17, 15) is 4.79 Å². The number of halogens is 1. The summed E-state index contributed by atoms with van der Waals surface area (Å²) in [7, 11) is 1.59. The largest absolute Gasteiger partial charge is 0.495 e. The molecule has 0 unspecified atom stereocenters. The van der Waals surface area contributed by atoms with Gasteiger partial charge in [0, 0.05) is 6.04 Å². The Labute approximate surface area is 111 Å². The minimum Gasteiger partial charge on any atom is -0.495 e. The molecule has 2 heterocycles. The fraction of sp³-hybridized carbons (Fsp3) is 0.545. The van der Waals surface area contributed by atoms with Crippen LogP contribution in [0.2, 0.25) is 0 Å². The summed E-state index contributed by atoms with van der Waals surface area (Å²) in [6, 6.07) is 2.11. The van der Waals surface area contributed by atoms with Gasteiger partial charge in [0.15, 0.2) is 0 Å². The molecule has 96 valence electrons. The van der Waals surface area contributed by atoms with Crippen molar-refractivity contribution in [2.24, 2.45) is 0 Å². The maximum atomic E-state index is 12.0. The number of thiophene rings is 1. The molecule has 1 fully saturated rings. The number of rotatable bonds is 3. The molecule has 0 saturated carbocycles. The third-order valence-electron chi connectivity index (χ3n) is 2.73. The number of piperidine rings is 1. The molecule has 0 aromatic carbocycles. The Bertz CT molecular complexity index is 364. The van der Waals surface area contributed by atoms with Gasteiger partial charge in [-0.05, 0) is 37.4 Å². The lowest BCUT2D eigenvalue weighted by molar-refractivity contribution is 0.0931. The molecule has 0 bridgehead atoms. The van der Waals surface area contributed by atoms with E-state index in [2.05, 4.69) is 10.6 Å². The van der Waals surface area contributed by atoms with Crippen LogP contribution in [0.15, 0.2) is 11.4 Å². The monoisotopic (exact) mass is 276 g/mol. The Morgan fingerprint density at radius 2 is 2.24 bits per heavy atom. The van der Waals surface area contributed by atoms with Crippen molar-refractivity contribution in [1.29, 1.82) is 0 Å². The SMILES string of the molecule is COc1ccsc1C(=O)NC1CCNCC1.Cl. The Morgan fingerprint density at radius 3 is 2.88 bits per heavy atom. The first-order valence-electron chi connectivity index (χ1n) is 5.44. The molecule has 1 aliphatic heterocycles. The van der Waals surface area contributed by atoms with Crippen LogP contribution in [0.25, 0.3) is 0 Å². The van der Waals surface area contributed by atoms with Crippen LogP contribution in [0.3, 0.4) is 0 Å². The Kier molecular flexibility index (Phi) is 5.74. The highest BCUT2D eigenvalue weighted by atomic mass is 35.5. The maximum absolute atomic E-state index is 12.0. The van der Waals surface area contributed by atoms with E-state index in [1.165, 1.54) is 11.3 Å². The number of ether oxygens (including phenoxy) is 1. The van der Waals surface area contributed by atoms with Gasteiger partial charge in [0.1, 0.15) is 10.6 Å². The highest BCUT2D eigenvalue weighted by Crippen LogP contribution is 2.24. The van der Waals surface area contributed by atoms with Crippen molar-refractivity contribution < 1.29 is 9.53 Å². The van der Waals surface area contributed by atoms with Gasteiger partial charge in [-0.1, -0.05) is 0 Å². The summed E-state index contributed by atoms with van der Waals surface area (Å²) in [5.74, 6) is 0.648. The van der Waals surface area contributed by atoms with Crippen LogP contribution in [0.5, 0.6) is 5.75 Å². The predicted octanol–water partition coefficient (Wildman–Crippen LogP) is 1.66. The molecule has 0 radical (unpaired) electrons. The summed E-state index contributed by atoms with van der Waals surface area (Å²) in [6.45, 7) is 1.96. The van der Waals surface area contributed by atoms with Gasteiger partial charge in [-0.15, -0.1) is 23.7 Å². The van der Waals surface area contributed by atoms with Gasteiger partial charge in [-0.3, -0.25) is 4.79 Å². The predicted molar refractivity (Wildman–Crippen MR) is 71.5 cm³/mol. The number of carbonyl (C=O) groups is 1. The second-order valence-electron chi connectivity index (χ2n) is 3.82. The standard InChI is InChI=1S/C11H16N2O2S.ClH/c1-15-9-4-7-16-10(9)11(14)13-8-2-5-12-6-3-8;/h4,7-8,12H,2-3,5-6H2,1H3,(H,13,14);1H. The molecule has 4 nitrogen and oxygen atoms in total. The summed E-state index contributed by atoms with van der Waals surface area (Å²) in [6.07, 6.45) is 2.00. The lowest BCUT2D eigenvalue weighted by Crippen LogP contribution is -2.42. The molecular weight excluding hydrogens is 260 g/mol. The van der Waals surface area contributed by atoms with E-state index < -0.39 is 0 Å². The summed E-state index contributed by atoms with van der Waals surface area (Å²) in [4.78, 5) is 12.6. The number of amides is 1. The molecule has 1 aromatic heterocycles. The number of methoxy groups -OCH3 is 1. The average molecular weight is 277 g/mol. The van der Waals surface area contributed by atoms with E-state index in [1.807, 2.05) is 11.4 Å². The first-order valence-corrected chi connectivity index (χ1v) is 6.32. The van der Waals surface area contributed by atoms with Gasteiger partial charge in [-0.25, -0.2) is 0 Å². The van der Waals surface area contributed by atoms with Crippen LogP contribution in [-0.2, 0) is 0 Å². The number of nitrogens with one attached hydrogen (secondary N) is 2. The third kappa shape index (κ3) is 3.59. The molecule has 0 aliphatic carbocycles. The molecule has 1 aromatic rings. The van der Waals surface area contributed by atoms with Gasteiger partial charge in [-0.2, -0.15) is 0 Å². The molecule has 2 rings (SSSR count). The van der Waals surface area contributed by atoms with Crippen molar-refractivity contribution in [3.63, 3.8) is 0 Å². The molecule has 1 saturated heterocycles. The van der Waals surface area contributed by atoms with Gasteiger partial charge >= 0.3 is 0 Å². The minimum absolute atomic E-state index is 0. The number of carbonyl (C=O) groups excluding carboxylic acids is 1. The normalized spacial score (nSPS) is 16.1. The van der Waals surface area contributed by atoms with Gasteiger partial charge in [0.05, 0.1) is 7.11 Å². The molecule has 1 aliphatic rings. The van der Waals surface area contributed by atoms with Crippen LogP contribution in [0, 0.1) is 0 Å². The van der Waals surface area contributed by atoms with E-state index in [0.717, 1.165) is 25.9 Å².